The molecule has 0 spiro atoms. The first-order chi connectivity index (χ1) is 6.98. The molecule has 0 saturated heterocycles. The first-order valence-electron chi connectivity index (χ1n) is 4.67. The van der Waals surface area contributed by atoms with Crippen LogP contribution in [0.4, 0.5) is 0 Å². The first-order valence-corrected chi connectivity index (χ1v) is 6.22. The van der Waals surface area contributed by atoms with E-state index in [1.54, 1.807) is 0 Å². The van der Waals surface area contributed by atoms with Crippen molar-refractivity contribution in [1.82, 2.24) is 0 Å². The van der Waals surface area contributed by atoms with E-state index in [2.05, 4.69) is 0 Å². The number of nitrogens with two attached hydrogens (primary N) is 1. The summed E-state index contributed by atoms with van der Waals surface area (Å²) in [5, 5.41) is 4.90. The molecular formula is C9H11NO4S. The van der Waals surface area contributed by atoms with E-state index >= 15 is 0 Å². The maximum Gasteiger partial charge on any atom is 0.356 e. The van der Waals surface area contributed by atoms with E-state index in [4.69, 9.17) is 9.56 Å². The average Bonchev–Trinajstić information content (AvgIpc) is 2.15. The van der Waals surface area contributed by atoms with E-state index in [9.17, 15) is 13.2 Å². The van der Waals surface area contributed by atoms with Gasteiger partial charge in [-0.15, -0.1) is 0 Å². The zero-order valence-electron chi connectivity index (χ0n) is 8.02. The molecule has 15 heavy (non-hydrogen) atoms. The molecule has 0 saturated carbocycles. The molecule has 0 atom stereocenters. The molecule has 1 aromatic heterocycles. The zero-order chi connectivity index (χ0) is 11.1. The van der Waals surface area contributed by atoms with Crippen molar-refractivity contribution in [2.45, 2.75) is 30.6 Å². The minimum Gasteiger partial charge on any atom is -0.427 e. The second-order valence-electron chi connectivity index (χ2n) is 3.60. The summed E-state index contributed by atoms with van der Waals surface area (Å²) in [4.78, 5) is 10.9. The Bertz CT molecular complexity index is 544. The molecule has 0 aliphatic heterocycles. The molecule has 82 valence electrons. The first kappa shape index (κ1) is 10.4. The lowest BCUT2D eigenvalue weighted by molar-refractivity contribution is 0.413. The molecular weight excluding hydrogens is 218 g/mol. The third kappa shape index (κ3) is 1.95. The third-order valence-electron chi connectivity index (χ3n) is 2.49. The van der Waals surface area contributed by atoms with Crippen LogP contribution in [0.3, 0.4) is 0 Å². The number of rotatable bonds is 1. The van der Waals surface area contributed by atoms with E-state index in [-0.39, 0.29) is 0 Å². The lowest BCUT2D eigenvalue weighted by Gasteiger charge is -2.13. The molecule has 0 unspecified atom stereocenters. The van der Waals surface area contributed by atoms with E-state index in [0.717, 1.165) is 24.8 Å². The molecule has 0 radical (unpaired) electrons. The van der Waals surface area contributed by atoms with Gasteiger partial charge in [-0.1, -0.05) is 0 Å². The second kappa shape index (κ2) is 3.46. The summed E-state index contributed by atoms with van der Waals surface area (Å²) in [6, 6.07) is 1.34. The van der Waals surface area contributed by atoms with Gasteiger partial charge in [0.25, 0.3) is 0 Å². The Hall–Kier alpha value is -1.14. The van der Waals surface area contributed by atoms with Crippen molar-refractivity contribution in [3.63, 3.8) is 0 Å². The predicted octanol–water partition coefficient (Wildman–Crippen LogP) is 0.166. The van der Waals surface area contributed by atoms with Gasteiger partial charge in [-0.05, 0) is 30.9 Å². The SMILES string of the molecule is NS(=O)(=O)c1cc2c(oc1=O)CCCC2. The van der Waals surface area contributed by atoms with Crippen molar-refractivity contribution in [2.75, 3.05) is 0 Å². The maximum absolute atomic E-state index is 11.3. The summed E-state index contributed by atoms with van der Waals surface area (Å²) in [5.41, 5.74) is -0.0805. The van der Waals surface area contributed by atoms with Gasteiger partial charge in [0, 0.05) is 6.42 Å². The molecule has 2 N–H and O–H groups in total. The van der Waals surface area contributed by atoms with Crippen LogP contribution < -0.4 is 10.8 Å². The van der Waals surface area contributed by atoms with Crippen molar-refractivity contribution >= 4 is 10.0 Å². The Morgan fingerprint density at radius 3 is 2.60 bits per heavy atom. The number of aryl methyl sites for hydroxylation is 2. The number of hydrogen-bond donors (Lipinski definition) is 1. The summed E-state index contributed by atoms with van der Waals surface area (Å²) in [6.45, 7) is 0. The summed E-state index contributed by atoms with van der Waals surface area (Å²) in [5.74, 6) is 0.596. The molecule has 1 aliphatic carbocycles. The molecule has 1 heterocycles. The number of hydrogen-bond acceptors (Lipinski definition) is 4. The monoisotopic (exact) mass is 229 g/mol. The Morgan fingerprint density at radius 2 is 1.93 bits per heavy atom. The van der Waals surface area contributed by atoms with Crippen LogP contribution in [0.1, 0.15) is 24.2 Å². The second-order valence-corrected chi connectivity index (χ2v) is 5.13. The van der Waals surface area contributed by atoms with Crippen molar-refractivity contribution in [1.29, 1.82) is 0 Å². The highest BCUT2D eigenvalue weighted by atomic mass is 32.2. The van der Waals surface area contributed by atoms with Gasteiger partial charge < -0.3 is 4.42 Å². The number of fused-ring (bicyclic) bond motifs is 1. The fraction of sp³-hybridized carbons (Fsp3) is 0.444. The van der Waals surface area contributed by atoms with Crippen molar-refractivity contribution in [3.8, 4) is 0 Å². The highest BCUT2D eigenvalue weighted by Gasteiger charge is 2.20. The summed E-state index contributed by atoms with van der Waals surface area (Å²) < 4.78 is 27.1. The van der Waals surface area contributed by atoms with Crippen LogP contribution in [0.15, 0.2) is 20.2 Å². The van der Waals surface area contributed by atoms with Gasteiger partial charge in [0.05, 0.1) is 0 Å². The Morgan fingerprint density at radius 1 is 1.27 bits per heavy atom. The molecule has 2 rings (SSSR count). The Kier molecular flexibility index (Phi) is 2.40. The Labute approximate surface area is 87.0 Å². The van der Waals surface area contributed by atoms with E-state index in [0.29, 0.717) is 12.2 Å². The minimum absolute atomic E-state index is 0.442. The van der Waals surface area contributed by atoms with Crippen LogP contribution in [0.2, 0.25) is 0 Å². The fourth-order valence-electron chi connectivity index (χ4n) is 1.75. The van der Waals surface area contributed by atoms with Gasteiger partial charge in [-0.25, -0.2) is 18.4 Å². The van der Waals surface area contributed by atoms with Gasteiger partial charge in [-0.3, -0.25) is 0 Å². The topological polar surface area (TPSA) is 90.4 Å². The van der Waals surface area contributed by atoms with E-state index in [1.807, 2.05) is 0 Å². The van der Waals surface area contributed by atoms with Crippen molar-refractivity contribution in [2.24, 2.45) is 5.14 Å². The molecule has 0 amide bonds. The lowest BCUT2D eigenvalue weighted by Crippen LogP contribution is -2.23. The fourth-order valence-corrected chi connectivity index (χ4v) is 2.33. The number of sulfonamides is 1. The molecule has 1 aromatic rings. The lowest BCUT2D eigenvalue weighted by atomic mass is 9.98. The van der Waals surface area contributed by atoms with Gasteiger partial charge in [0.2, 0.25) is 10.0 Å². The van der Waals surface area contributed by atoms with Crippen LogP contribution in [-0.2, 0) is 22.9 Å². The molecule has 0 bridgehead atoms. The standard InChI is InChI=1S/C9H11NO4S/c10-15(12,13)8-5-6-3-1-2-4-7(6)14-9(8)11/h5H,1-4H2,(H2,10,12,13). The van der Waals surface area contributed by atoms with Crippen LogP contribution in [0, 0.1) is 0 Å². The van der Waals surface area contributed by atoms with Gasteiger partial charge in [0.15, 0.2) is 4.90 Å². The minimum atomic E-state index is -3.97. The maximum atomic E-state index is 11.3. The average molecular weight is 229 g/mol. The molecule has 6 heteroatoms. The molecule has 5 nitrogen and oxygen atoms in total. The summed E-state index contributed by atoms with van der Waals surface area (Å²) in [6.07, 6.45) is 3.37. The van der Waals surface area contributed by atoms with E-state index in [1.165, 1.54) is 6.07 Å². The highest BCUT2D eigenvalue weighted by Crippen LogP contribution is 2.21. The summed E-state index contributed by atoms with van der Waals surface area (Å²) >= 11 is 0. The molecule has 0 aromatic carbocycles. The quantitative estimate of drug-likeness (QED) is 0.743. The van der Waals surface area contributed by atoms with Gasteiger partial charge in [-0.2, -0.15) is 0 Å². The molecule has 1 aliphatic rings. The van der Waals surface area contributed by atoms with Crippen LogP contribution >= 0.6 is 0 Å². The van der Waals surface area contributed by atoms with Gasteiger partial charge in [0.1, 0.15) is 5.76 Å². The highest BCUT2D eigenvalue weighted by molar-refractivity contribution is 7.89. The largest absolute Gasteiger partial charge is 0.427 e. The van der Waals surface area contributed by atoms with Gasteiger partial charge >= 0.3 is 5.63 Å². The predicted molar refractivity (Wildman–Crippen MR) is 53.0 cm³/mol. The zero-order valence-corrected chi connectivity index (χ0v) is 8.84. The van der Waals surface area contributed by atoms with Crippen molar-refractivity contribution < 1.29 is 12.8 Å². The summed E-state index contributed by atoms with van der Waals surface area (Å²) in [7, 11) is -3.97. The van der Waals surface area contributed by atoms with Crippen LogP contribution in [0.5, 0.6) is 0 Å². The van der Waals surface area contributed by atoms with E-state index < -0.39 is 20.5 Å². The smallest absolute Gasteiger partial charge is 0.356 e. The molecule has 0 fully saturated rings. The normalized spacial score (nSPS) is 16.1. The Balaban J connectivity index is 2.65. The van der Waals surface area contributed by atoms with Crippen LogP contribution in [-0.4, -0.2) is 8.42 Å². The number of primary sulfonamides is 1. The van der Waals surface area contributed by atoms with Crippen molar-refractivity contribution in [3.05, 3.63) is 27.8 Å². The third-order valence-corrected chi connectivity index (χ3v) is 3.38. The van der Waals surface area contributed by atoms with Crippen LogP contribution in [0.25, 0.3) is 0 Å².